The number of nitro groups is 1. The topological polar surface area (TPSA) is 113 Å². The van der Waals surface area contributed by atoms with E-state index in [0.29, 0.717) is 0 Å². The third-order valence-electron chi connectivity index (χ3n) is 1.95. The van der Waals surface area contributed by atoms with Crippen molar-refractivity contribution in [2.75, 3.05) is 6.61 Å². The van der Waals surface area contributed by atoms with E-state index in [1.165, 1.54) is 0 Å². The van der Waals surface area contributed by atoms with Crippen molar-refractivity contribution in [2.45, 2.75) is 6.92 Å². The summed E-state index contributed by atoms with van der Waals surface area (Å²) in [5.74, 6) is -1.75. The summed E-state index contributed by atoms with van der Waals surface area (Å²) in [5.41, 5.74) is -1.47. The lowest BCUT2D eigenvalue weighted by Crippen LogP contribution is -2.08. The van der Waals surface area contributed by atoms with Gasteiger partial charge in [-0.05, 0) is 19.1 Å². The molecule has 0 fully saturated rings. The van der Waals surface area contributed by atoms with Crippen LogP contribution >= 0.6 is 0 Å². The molecular formula is C10H8N2O5. The first-order chi connectivity index (χ1) is 8.02. The fourth-order valence-electron chi connectivity index (χ4n) is 1.23. The first-order valence-corrected chi connectivity index (χ1v) is 4.60. The Hall–Kier alpha value is -2.62. The van der Waals surface area contributed by atoms with E-state index in [2.05, 4.69) is 4.74 Å². The molecule has 0 aliphatic carbocycles. The van der Waals surface area contributed by atoms with Gasteiger partial charge in [0.05, 0.1) is 11.5 Å². The summed E-state index contributed by atoms with van der Waals surface area (Å²) in [6.45, 7) is 1.60. The average Bonchev–Trinajstić information content (AvgIpc) is 2.28. The summed E-state index contributed by atoms with van der Waals surface area (Å²) < 4.78 is 4.61. The number of ether oxygens (including phenoxy) is 1. The van der Waals surface area contributed by atoms with Crippen LogP contribution in [0.2, 0.25) is 0 Å². The minimum Gasteiger partial charge on any atom is -0.501 e. The van der Waals surface area contributed by atoms with Gasteiger partial charge in [-0.25, -0.2) is 4.79 Å². The molecule has 0 aliphatic heterocycles. The second-order valence-electron chi connectivity index (χ2n) is 2.95. The second kappa shape index (κ2) is 4.94. The molecule has 0 spiro atoms. The molecule has 0 bridgehead atoms. The van der Waals surface area contributed by atoms with Crippen molar-refractivity contribution in [3.8, 4) is 11.8 Å². The number of nitrogens with zero attached hydrogens (tertiary/aromatic N) is 2. The van der Waals surface area contributed by atoms with Crippen LogP contribution in [0.25, 0.3) is 0 Å². The number of carbonyl (C=O) groups excluding carboxylic acids is 1. The lowest BCUT2D eigenvalue weighted by Gasteiger charge is -2.04. The average molecular weight is 236 g/mol. The van der Waals surface area contributed by atoms with E-state index in [-0.39, 0.29) is 17.7 Å². The zero-order valence-corrected chi connectivity index (χ0v) is 8.84. The van der Waals surface area contributed by atoms with Gasteiger partial charge in [0.2, 0.25) is 5.75 Å². The molecule has 88 valence electrons. The lowest BCUT2D eigenvalue weighted by atomic mass is 10.1. The van der Waals surface area contributed by atoms with Crippen LogP contribution in [0.1, 0.15) is 22.8 Å². The number of hydrogen-bond donors (Lipinski definition) is 1. The van der Waals surface area contributed by atoms with Gasteiger partial charge in [-0.2, -0.15) is 5.26 Å². The van der Waals surface area contributed by atoms with Gasteiger partial charge in [-0.15, -0.1) is 0 Å². The maximum absolute atomic E-state index is 11.4. The van der Waals surface area contributed by atoms with Gasteiger partial charge < -0.3 is 9.84 Å². The molecule has 0 amide bonds. The number of carbonyl (C=O) groups is 1. The summed E-state index contributed by atoms with van der Waals surface area (Å²) in [4.78, 5) is 21.2. The largest absolute Gasteiger partial charge is 0.501 e. The van der Waals surface area contributed by atoms with Crippen LogP contribution < -0.4 is 0 Å². The van der Waals surface area contributed by atoms with Gasteiger partial charge in [0.1, 0.15) is 17.2 Å². The number of benzene rings is 1. The Morgan fingerprint density at radius 3 is 2.76 bits per heavy atom. The molecule has 0 aliphatic rings. The number of nitro benzene ring substituents is 1. The van der Waals surface area contributed by atoms with E-state index in [1.54, 1.807) is 13.0 Å². The predicted octanol–water partition coefficient (Wildman–Crippen LogP) is 1.35. The van der Waals surface area contributed by atoms with E-state index in [9.17, 15) is 20.0 Å². The van der Waals surface area contributed by atoms with Crippen molar-refractivity contribution in [3.63, 3.8) is 0 Å². The summed E-state index contributed by atoms with van der Waals surface area (Å²) in [5, 5.41) is 28.8. The third-order valence-corrected chi connectivity index (χ3v) is 1.95. The minimum absolute atomic E-state index is 0.0523. The number of hydrogen-bond acceptors (Lipinski definition) is 6. The number of phenols is 1. The Balaban J connectivity index is 3.43. The highest BCUT2D eigenvalue weighted by atomic mass is 16.6. The van der Waals surface area contributed by atoms with Crippen molar-refractivity contribution >= 4 is 11.7 Å². The van der Waals surface area contributed by atoms with Gasteiger partial charge in [0.15, 0.2) is 0 Å². The van der Waals surface area contributed by atoms with E-state index < -0.39 is 22.3 Å². The Bertz CT molecular complexity index is 518. The van der Waals surface area contributed by atoms with Crippen LogP contribution in [0.3, 0.4) is 0 Å². The molecule has 0 unspecified atom stereocenters. The monoisotopic (exact) mass is 236 g/mol. The van der Waals surface area contributed by atoms with Gasteiger partial charge >= 0.3 is 11.7 Å². The summed E-state index contributed by atoms with van der Waals surface area (Å²) >= 11 is 0. The molecule has 0 heterocycles. The van der Waals surface area contributed by atoms with Crippen LogP contribution in [0.4, 0.5) is 5.69 Å². The number of nitriles is 1. The van der Waals surface area contributed by atoms with Gasteiger partial charge in [-0.1, -0.05) is 0 Å². The van der Waals surface area contributed by atoms with Crippen molar-refractivity contribution in [3.05, 3.63) is 33.4 Å². The fourth-order valence-corrected chi connectivity index (χ4v) is 1.23. The SMILES string of the molecule is CCOC(=O)c1ccc(C#N)c(O)c1[N+](=O)[O-]. The Morgan fingerprint density at radius 2 is 2.29 bits per heavy atom. The van der Waals surface area contributed by atoms with Crippen molar-refractivity contribution < 1.29 is 19.6 Å². The highest BCUT2D eigenvalue weighted by Crippen LogP contribution is 2.33. The molecular weight excluding hydrogens is 228 g/mol. The van der Waals surface area contributed by atoms with Crippen molar-refractivity contribution in [2.24, 2.45) is 0 Å². The quantitative estimate of drug-likeness (QED) is 0.481. The molecule has 1 N–H and O–H groups in total. The number of phenolic OH excluding ortho intramolecular Hbond substituents is 1. The van der Waals surface area contributed by atoms with Crippen LogP contribution in [0, 0.1) is 21.4 Å². The summed E-state index contributed by atoms with van der Waals surface area (Å²) in [6.07, 6.45) is 0. The first-order valence-electron chi connectivity index (χ1n) is 4.60. The Kier molecular flexibility index (Phi) is 3.62. The van der Waals surface area contributed by atoms with E-state index in [4.69, 9.17) is 5.26 Å². The van der Waals surface area contributed by atoms with Gasteiger partial charge in [0.25, 0.3) is 0 Å². The van der Waals surface area contributed by atoms with Crippen LogP contribution in [0.5, 0.6) is 5.75 Å². The van der Waals surface area contributed by atoms with Crippen LogP contribution in [0.15, 0.2) is 12.1 Å². The zero-order valence-electron chi connectivity index (χ0n) is 8.84. The summed E-state index contributed by atoms with van der Waals surface area (Å²) in [6, 6.07) is 3.78. The van der Waals surface area contributed by atoms with E-state index in [1.807, 2.05) is 0 Å². The van der Waals surface area contributed by atoms with Crippen molar-refractivity contribution in [1.29, 1.82) is 5.26 Å². The molecule has 17 heavy (non-hydrogen) atoms. The molecule has 0 aromatic heterocycles. The van der Waals surface area contributed by atoms with E-state index in [0.717, 1.165) is 12.1 Å². The minimum atomic E-state index is -0.928. The van der Waals surface area contributed by atoms with Gasteiger partial charge in [0, 0.05) is 0 Å². The van der Waals surface area contributed by atoms with Crippen molar-refractivity contribution in [1.82, 2.24) is 0 Å². The standard InChI is InChI=1S/C10H8N2O5/c1-2-17-10(14)7-4-3-6(5-11)9(13)8(7)12(15)16/h3-4,13H,2H2,1H3. The number of aromatic hydroxyl groups is 1. The molecule has 0 radical (unpaired) electrons. The normalized spacial score (nSPS) is 9.41. The third kappa shape index (κ3) is 2.31. The molecule has 1 aromatic carbocycles. The second-order valence-corrected chi connectivity index (χ2v) is 2.95. The maximum atomic E-state index is 11.4. The zero-order chi connectivity index (χ0) is 13.0. The molecule has 0 atom stereocenters. The number of esters is 1. The van der Waals surface area contributed by atoms with Crippen LogP contribution in [-0.2, 0) is 4.74 Å². The first kappa shape index (κ1) is 12.4. The molecule has 1 rings (SSSR count). The maximum Gasteiger partial charge on any atom is 0.345 e. The summed E-state index contributed by atoms with van der Waals surface area (Å²) in [7, 11) is 0. The van der Waals surface area contributed by atoms with Crippen LogP contribution in [-0.4, -0.2) is 22.6 Å². The van der Waals surface area contributed by atoms with Gasteiger partial charge in [-0.3, -0.25) is 10.1 Å². The highest BCUT2D eigenvalue weighted by molar-refractivity contribution is 5.95. The number of rotatable bonds is 3. The molecule has 0 saturated heterocycles. The highest BCUT2D eigenvalue weighted by Gasteiger charge is 2.27. The fraction of sp³-hybridized carbons (Fsp3) is 0.200. The van der Waals surface area contributed by atoms with E-state index >= 15 is 0 Å². The predicted molar refractivity (Wildman–Crippen MR) is 55.4 cm³/mol. The smallest absolute Gasteiger partial charge is 0.345 e. The molecule has 0 saturated carbocycles. The molecule has 1 aromatic rings. The molecule has 7 nitrogen and oxygen atoms in total. The Labute approximate surface area is 96.0 Å². The Morgan fingerprint density at radius 1 is 1.65 bits per heavy atom. The lowest BCUT2D eigenvalue weighted by molar-refractivity contribution is -0.386. The molecule has 7 heteroatoms.